The average molecular weight is 283 g/mol. The van der Waals surface area contributed by atoms with E-state index in [1.54, 1.807) is 0 Å². The summed E-state index contributed by atoms with van der Waals surface area (Å²) in [6.07, 6.45) is 2.26. The summed E-state index contributed by atoms with van der Waals surface area (Å²) in [5.74, 6) is 0. The second kappa shape index (κ2) is 5.30. The SMILES string of the molecule is Cc1ccc(CN2CCC(N)CC2)c(Br)c1. The van der Waals surface area contributed by atoms with Crippen molar-refractivity contribution in [3.05, 3.63) is 33.8 Å². The number of benzene rings is 1. The maximum absolute atomic E-state index is 5.90. The van der Waals surface area contributed by atoms with Crippen LogP contribution in [0.2, 0.25) is 0 Å². The van der Waals surface area contributed by atoms with Gasteiger partial charge in [0.2, 0.25) is 0 Å². The number of likely N-dealkylation sites (tertiary alicyclic amines) is 1. The lowest BCUT2D eigenvalue weighted by atomic mass is 10.1. The lowest BCUT2D eigenvalue weighted by Crippen LogP contribution is -2.39. The van der Waals surface area contributed by atoms with Crippen molar-refractivity contribution in [2.45, 2.75) is 32.4 Å². The minimum Gasteiger partial charge on any atom is -0.328 e. The molecule has 2 rings (SSSR count). The number of nitrogens with two attached hydrogens (primary N) is 1. The summed E-state index contributed by atoms with van der Waals surface area (Å²) in [4.78, 5) is 2.48. The zero-order chi connectivity index (χ0) is 11.5. The van der Waals surface area contributed by atoms with Crippen LogP contribution in [0.25, 0.3) is 0 Å². The Kier molecular flexibility index (Phi) is 4.00. The Morgan fingerprint density at radius 2 is 2.06 bits per heavy atom. The molecule has 0 unspecified atom stereocenters. The molecule has 1 fully saturated rings. The molecule has 1 aliphatic heterocycles. The zero-order valence-electron chi connectivity index (χ0n) is 9.75. The van der Waals surface area contributed by atoms with Crippen molar-refractivity contribution < 1.29 is 0 Å². The van der Waals surface area contributed by atoms with E-state index in [9.17, 15) is 0 Å². The molecule has 3 heteroatoms. The first-order chi connectivity index (χ1) is 7.65. The number of hydrogen-bond acceptors (Lipinski definition) is 2. The van der Waals surface area contributed by atoms with Gasteiger partial charge in [-0.3, -0.25) is 4.90 Å². The summed E-state index contributed by atoms with van der Waals surface area (Å²) in [6.45, 7) is 5.41. The van der Waals surface area contributed by atoms with Crippen molar-refractivity contribution in [3.8, 4) is 0 Å². The summed E-state index contributed by atoms with van der Waals surface area (Å²) in [7, 11) is 0. The maximum atomic E-state index is 5.90. The van der Waals surface area contributed by atoms with Gasteiger partial charge in [0.1, 0.15) is 0 Å². The van der Waals surface area contributed by atoms with Gasteiger partial charge in [-0.1, -0.05) is 28.1 Å². The molecule has 1 heterocycles. The number of nitrogens with zero attached hydrogens (tertiary/aromatic N) is 1. The Balaban J connectivity index is 1.98. The Hall–Kier alpha value is -0.380. The first-order valence-corrected chi connectivity index (χ1v) is 6.67. The fraction of sp³-hybridized carbons (Fsp3) is 0.538. The van der Waals surface area contributed by atoms with Gasteiger partial charge in [-0.25, -0.2) is 0 Å². The molecule has 16 heavy (non-hydrogen) atoms. The normalized spacial score (nSPS) is 18.9. The molecule has 0 aliphatic carbocycles. The molecule has 0 aromatic heterocycles. The molecule has 88 valence electrons. The molecule has 0 bridgehead atoms. The largest absolute Gasteiger partial charge is 0.328 e. The van der Waals surface area contributed by atoms with Crippen molar-refractivity contribution in [3.63, 3.8) is 0 Å². The van der Waals surface area contributed by atoms with Gasteiger partial charge in [0.25, 0.3) is 0 Å². The average Bonchev–Trinajstić information content (AvgIpc) is 2.25. The zero-order valence-corrected chi connectivity index (χ0v) is 11.3. The monoisotopic (exact) mass is 282 g/mol. The maximum Gasteiger partial charge on any atom is 0.0244 e. The van der Waals surface area contributed by atoms with E-state index in [1.807, 2.05) is 0 Å². The standard InChI is InChI=1S/C13H19BrN2/c1-10-2-3-11(13(14)8-10)9-16-6-4-12(15)5-7-16/h2-3,8,12H,4-7,9,15H2,1H3. The van der Waals surface area contributed by atoms with Crippen LogP contribution in [0.15, 0.2) is 22.7 Å². The van der Waals surface area contributed by atoms with Gasteiger partial charge in [-0.2, -0.15) is 0 Å². The van der Waals surface area contributed by atoms with Crippen LogP contribution >= 0.6 is 15.9 Å². The minimum absolute atomic E-state index is 0.415. The van der Waals surface area contributed by atoms with E-state index in [0.717, 1.165) is 32.5 Å². The topological polar surface area (TPSA) is 29.3 Å². The van der Waals surface area contributed by atoms with Gasteiger partial charge in [-0.05, 0) is 50.0 Å². The minimum atomic E-state index is 0.415. The highest BCUT2D eigenvalue weighted by Crippen LogP contribution is 2.21. The van der Waals surface area contributed by atoms with Crippen LogP contribution in [0.4, 0.5) is 0 Å². The number of hydrogen-bond donors (Lipinski definition) is 1. The molecule has 0 saturated carbocycles. The molecule has 0 radical (unpaired) electrons. The van der Waals surface area contributed by atoms with Crippen molar-refractivity contribution >= 4 is 15.9 Å². The van der Waals surface area contributed by atoms with Gasteiger partial charge in [0, 0.05) is 17.1 Å². The second-order valence-electron chi connectivity index (χ2n) is 4.71. The van der Waals surface area contributed by atoms with Gasteiger partial charge >= 0.3 is 0 Å². The van der Waals surface area contributed by atoms with Crippen molar-refractivity contribution in [1.82, 2.24) is 4.90 Å². The summed E-state index contributed by atoms with van der Waals surface area (Å²) in [6, 6.07) is 6.99. The van der Waals surface area contributed by atoms with E-state index >= 15 is 0 Å². The third-order valence-corrected chi connectivity index (χ3v) is 3.97. The molecule has 1 saturated heterocycles. The first-order valence-electron chi connectivity index (χ1n) is 5.88. The van der Waals surface area contributed by atoms with Crippen LogP contribution in [0.1, 0.15) is 24.0 Å². The van der Waals surface area contributed by atoms with E-state index in [-0.39, 0.29) is 0 Å². The summed E-state index contributed by atoms with van der Waals surface area (Å²) < 4.78 is 1.22. The third-order valence-electron chi connectivity index (χ3n) is 3.23. The Morgan fingerprint density at radius 3 is 2.69 bits per heavy atom. The lowest BCUT2D eigenvalue weighted by Gasteiger charge is -2.30. The summed E-state index contributed by atoms with van der Waals surface area (Å²) in [5, 5.41) is 0. The number of aryl methyl sites for hydroxylation is 1. The number of piperidine rings is 1. The van der Waals surface area contributed by atoms with Gasteiger partial charge in [0.15, 0.2) is 0 Å². The number of halogens is 1. The summed E-state index contributed by atoms with van der Waals surface area (Å²) >= 11 is 3.63. The molecule has 1 aromatic rings. The molecular formula is C13H19BrN2. The highest BCUT2D eigenvalue weighted by molar-refractivity contribution is 9.10. The summed E-state index contributed by atoms with van der Waals surface area (Å²) in [5.41, 5.74) is 8.58. The highest BCUT2D eigenvalue weighted by Gasteiger charge is 2.16. The molecular weight excluding hydrogens is 264 g/mol. The molecule has 1 aromatic carbocycles. The number of rotatable bonds is 2. The molecule has 2 nitrogen and oxygen atoms in total. The van der Waals surface area contributed by atoms with Gasteiger partial charge in [-0.15, -0.1) is 0 Å². The molecule has 0 spiro atoms. The van der Waals surface area contributed by atoms with Crippen LogP contribution in [0.5, 0.6) is 0 Å². The lowest BCUT2D eigenvalue weighted by molar-refractivity contribution is 0.205. The van der Waals surface area contributed by atoms with Crippen LogP contribution in [-0.4, -0.2) is 24.0 Å². The Bertz CT molecular complexity index is 357. The Labute approximate surface area is 106 Å². The molecule has 0 amide bonds. The van der Waals surface area contributed by atoms with E-state index in [2.05, 4.69) is 46.0 Å². The fourth-order valence-corrected chi connectivity index (χ4v) is 2.75. The molecule has 1 aliphatic rings. The second-order valence-corrected chi connectivity index (χ2v) is 5.56. The quantitative estimate of drug-likeness (QED) is 0.904. The van der Waals surface area contributed by atoms with E-state index in [0.29, 0.717) is 6.04 Å². The van der Waals surface area contributed by atoms with Crippen LogP contribution in [-0.2, 0) is 6.54 Å². The van der Waals surface area contributed by atoms with Crippen LogP contribution in [0, 0.1) is 6.92 Å². The predicted molar refractivity (Wildman–Crippen MR) is 71.4 cm³/mol. The Morgan fingerprint density at radius 1 is 1.38 bits per heavy atom. The van der Waals surface area contributed by atoms with Crippen molar-refractivity contribution in [2.24, 2.45) is 5.73 Å². The van der Waals surface area contributed by atoms with Crippen LogP contribution < -0.4 is 5.73 Å². The van der Waals surface area contributed by atoms with Crippen LogP contribution in [0.3, 0.4) is 0 Å². The van der Waals surface area contributed by atoms with E-state index in [4.69, 9.17) is 5.73 Å². The van der Waals surface area contributed by atoms with E-state index in [1.165, 1.54) is 15.6 Å². The predicted octanol–water partition coefficient (Wildman–Crippen LogP) is 2.68. The van der Waals surface area contributed by atoms with Gasteiger partial charge < -0.3 is 5.73 Å². The fourth-order valence-electron chi connectivity index (χ4n) is 2.13. The molecule has 2 N–H and O–H groups in total. The van der Waals surface area contributed by atoms with Crippen molar-refractivity contribution in [1.29, 1.82) is 0 Å². The smallest absolute Gasteiger partial charge is 0.0244 e. The van der Waals surface area contributed by atoms with Crippen molar-refractivity contribution in [2.75, 3.05) is 13.1 Å². The molecule has 0 atom stereocenters. The first kappa shape index (κ1) is 12.1. The highest BCUT2D eigenvalue weighted by atomic mass is 79.9. The van der Waals surface area contributed by atoms with E-state index < -0.39 is 0 Å². The third kappa shape index (κ3) is 3.06. The van der Waals surface area contributed by atoms with Gasteiger partial charge in [0.05, 0.1) is 0 Å².